The van der Waals surface area contributed by atoms with E-state index in [1.165, 1.54) is 36.4 Å². The molecule has 0 saturated carbocycles. The highest BCUT2D eigenvalue weighted by Gasteiger charge is 2.62. The van der Waals surface area contributed by atoms with E-state index in [1.807, 2.05) is 0 Å². The molecule has 0 bridgehead atoms. The number of halogens is 6. The van der Waals surface area contributed by atoms with Gasteiger partial charge in [-0.1, -0.05) is 41.9 Å². The highest BCUT2D eigenvalue weighted by atomic mass is 35.5. The largest absolute Gasteiger partial charge is 0.459 e. The fourth-order valence-electron chi connectivity index (χ4n) is 3.78. The van der Waals surface area contributed by atoms with Crippen LogP contribution in [0.15, 0.2) is 82.8 Å². The van der Waals surface area contributed by atoms with Crippen molar-refractivity contribution >= 4 is 32.8 Å². The summed E-state index contributed by atoms with van der Waals surface area (Å²) in [6, 6.07) is 17.8. The molecule has 4 nitrogen and oxygen atoms in total. The average molecular weight is 529 g/mol. The summed E-state index contributed by atoms with van der Waals surface area (Å²) in [4.78, 5) is 0.134. The summed E-state index contributed by atoms with van der Waals surface area (Å²) in [6.45, 7) is 0. The Hall–Kier alpha value is -2.98. The lowest BCUT2D eigenvalue weighted by molar-refractivity contribution is -0.249. The molecule has 35 heavy (non-hydrogen) atoms. The minimum Gasteiger partial charge on any atom is -0.257 e. The van der Waals surface area contributed by atoms with Crippen molar-refractivity contribution in [1.82, 2.24) is 0 Å². The van der Waals surface area contributed by atoms with Gasteiger partial charge in [-0.25, -0.2) is 8.42 Å². The second kappa shape index (κ2) is 8.91. The van der Waals surface area contributed by atoms with E-state index in [0.717, 1.165) is 11.3 Å². The maximum absolute atomic E-state index is 14.2. The first-order chi connectivity index (χ1) is 16.3. The molecule has 1 aliphatic heterocycles. The van der Waals surface area contributed by atoms with Crippen LogP contribution in [0.4, 0.5) is 27.6 Å². The van der Waals surface area contributed by atoms with E-state index >= 15 is 0 Å². The zero-order valence-electron chi connectivity index (χ0n) is 18.1. The van der Waals surface area contributed by atoms with Crippen LogP contribution in [0.1, 0.15) is 18.0 Å². The van der Waals surface area contributed by atoms with Gasteiger partial charge in [0.2, 0.25) is 0 Å². The number of nitrogens with zero attached hydrogens (tertiary/aromatic N) is 2. The SMILES string of the molecule is CS(=O)(=O)c1ccc(-c2cccc(C3CC(C(F)(F)C(F)(F)F)=NN3c3ccc(Cl)cc3)c2)cc1. The van der Waals surface area contributed by atoms with Crippen LogP contribution in [0.25, 0.3) is 11.1 Å². The molecule has 1 heterocycles. The van der Waals surface area contributed by atoms with Crippen molar-refractivity contribution in [1.29, 1.82) is 0 Å². The number of anilines is 1. The first kappa shape index (κ1) is 25.1. The van der Waals surface area contributed by atoms with E-state index in [9.17, 15) is 30.4 Å². The molecule has 0 amide bonds. The number of rotatable bonds is 5. The maximum Gasteiger partial charge on any atom is 0.459 e. The molecule has 184 valence electrons. The van der Waals surface area contributed by atoms with Crippen LogP contribution in [-0.4, -0.2) is 32.5 Å². The summed E-state index contributed by atoms with van der Waals surface area (Å²) in [5, 5.41) is 5.20. The van der Waals surface area contributed by atoms with Crippen LogP contribution in [0.3, 0.4) is 0 Å². The van der Waals surface area contributed by atoms with Crippen LogP contribution in [0.5, 0.6) is 0 Å². The standard InChI is InChI=1S/C24H18ClF5N2O2S/c1-35(33,34)20-11-5-15(6-12-20)16-3-2-4-17(13-16)21-14-22(23(26,27)24(28,29)30)31-32(21)19-9-7-18(25)8-10-19/h2-13,21H,14H2,1H3. The van der Waals surface area contributed by atoms with Crippen molar-refractivity contribution in [2.45, 2.75) is 29.5 Å². The number of sulfone groups is 1. The zero-order chi connectivity index (χ0) is 25.6. The minimum absolute atomic E-state index is 0.134. The quantitative estimate of drug-likeness (QED) is 0.338. The molecule has 3 aromatic rings. The van der Waals surface area contributed by atoms with Gasteiger partial charge in [0.1, 0.15) is 5.71 Å². The lowest BCUT2D eigenvalue weighted by Crippen LogP contribution is -2.43. The van der Waals surface area contributed by atoms with Crippen molar-refractivity contribution in [2.75, 3.05) is 11.3 Å². The third kappa shape index (κ3) is 5.04. The Balaban J connectivity index is 1.74. The summed E-state index contributed by atoms with van der Waals surface area (Å²) in [5.41, 5.74) is 0.760. The van der Waals surface area contributed by atoms with Crippen LogP contribution < -0.4 is 5.01 Å². The second-order valence-electron chi connectivity index (χ2n) is 8.08. The Kier molecular flexibility index (Phi) is 6.39. The number of hydrogen-bond donors (Lipinski definition) is 0. The van der Waals surface area contributed by atoms with E-state index in [-0.39, 0.29) is 4.90 Å². The summed E-state index contributed by atoms with van der Waals surface area (Å²) >= 11 is 5.90. The molecule has 1 unspecified atom stereocenters. The molecule has 4 rings (SSSR count). The molecule has 0 N–H and O–H groups in total. The molecule has 1 aliphatic rings. The molecular weight excluding hydrogens is 511 g/mol. The molecule has 11 heteroatoms. The Labute approximate surface area is 203 Å². The van der Waals surface area contributed by atoms with Crippen LogP contribution in [-0.2, 0) is 9.84 Å². The Morgan fingerprint density at radius 1 is 0.914 bits per heavy atom. The van der Waals surface area contributed by atoms with Gasteiger partial charge in [-0.15, -0.1) is 0 Å². The Bertz CT molecular complexity index is 1370. The van der Waals surface area contributed by atoms with Crippen LogP contribution in [0, 0.1) is 0 Å². The van der Waals surface area contributed by atoms with E-state index in [4.69, 9.17) is 11.6 Å². The molecule has 0 saturated heterocycles. The van der Waals surface area contributed by atoms with Gasteiger partial charge in [0, 0.05) is 17.7 Å². The van der Waals surface area contributed by atoms with E-state index in [0.29, 0.717) is 27.4 Å². The molecule has 0 aliphatic carbocycles. The van der Waals surface area contributed by atoms with Crippen molar-refractivity contribution in [2.24, 2.45) is 5.10 Å². The van der Waals surface area contributed by atoms with Crippen LogP contribution >= 0.6 is 11.6 Å². The Morgan fingerprint density at radius 3 is 2.11 bits per heavy atom. The van der Waals surface area contributed by atoms with Crippen molar-refractivity contribution in [3.63, 3.8) is 0 Å². The maximum atomic E-state index is 14.2. The number of benzene rings is 3. The second-order valence-corrected chi connectivity index (χ2v) is 10.5. The molecular formula is C24H18ClF5N2O2S. The van der Waals surface area contributed by atoms with Crippen molar-refractivity contribution in [3.05, 3.63) is 83.4 Å². The lowest BCUT2D eigenvalue weighted by Gasteiger charge is -2.24. The molecule has 0 spiro atoms. The highest BCUT2D eigenvalue weighted by molar-refractivity contribution is 7.90. The smallest absolute Gasteiger partial charge is 0.257 e. The fourth-order valence-corrected chi connectivity index (χ4v) is 4.53. The predicted octanol–water partition coefficient (Wildman–Crippen LogP) is 6.92. The monoisotopic (exact) mass is 528 g/mol. The molecule has 0 aromatic heterocycles. The van der Waals surface area contributed by atoms with Gasteiger partial charge in [0.05, 0.1) is 16.6 Å². The topological polar surface area (TPSA) is 49.7 Å². The summed E-state index contributed by atoms with van der Waals surface area (Å²) < 4.78 is 91.1. The first-order valence-corrected chi connectivity index (χ1v) is 12.5. The van der Waals surface area contributed by atoms with Gasteiger partial charge in [0.25, 0.3) is 0 Å². The predicted molar refractivity (Wildman–Crippen MR) is 125 cm³/mol. The Morgan fingerprint density at radius 2 is 1.54 bits per heavy atom. The minimum atomic E-state index is -5.78. The lowest BCUT2D eigenvalue weighted by atomic mass is 9.95. The average Bonchev–Trinajstić information content (AvgIpc) is 3.25. The number of hydrogen-bond acceptors (Lipinski definition) is 4. The van der Waals surface area contributed by atoms with Gasteiger partial charge in [-0.05, 0) is 59.2 Å². The summed E-state index contributed by atoms with van der Waals surface area (Å²) in [7, 11) is -3.39. The summed E-state index contributed by atoms with van der Waals surface area (Å²) in [5.74, 6) is -5.09. The third-order valence-corrected chi connectivity index (χ3v) is 6.99. The van der Waals surface area contributed by atoms with Gasteiger partial charge in [-0.2, -0.15) is 27.1 Å². The van der Waals surface area contributed by atoms with Gasteiger partial charge < -0.3 is 0 Å². The normalized spacial score (nSPS) is 16.9. The van der Waals surface area contributed by atoms with Gasteiger partial charge in [0.15, 0.2) is 9.84 Å². The number of alkyl halides is 5. The highest BCUT2D eigenvalue weighted by Crippen LogP contribution is 2.45. The summed E-state index contributed by atoms with van der Waals surface area (Å²) in [6.07, 6.45) is -5.34. The van der Waals surface area contributed by atoms with Crippen molar-refractivity contribution < 1.29 is 30.4 Å². The van der Waals surface area contributed by atoms with E-state index < -0.39 is 40.1 Å². The van der Waals surface area contributed by atoms with Crippen LogP contribution in [0.2, 0.25) is 5.02 Å². The first-order valence-electron chi connectivity index (χ1n) is 10.2. The van der Waals surface area contributed by atoms with E-state index in [1.54, 1.807) is 36.4 Å². The van der Waals surface area contributed by atoms with E-state index in [2.05, 4.69) is 5.10 Å². The van der Waals surface area contributed by atoms with Gasteiger partial charge in [-0.3, -0.25) is 5.01 Å². The van der Waals surface area contributed by atoms with Gasteiger partial charge >= 0.3 is 12.1 Å². The van der Waals surface area contributed by atoms with Crippen molar-refractivity contribution in [3.8, 4) is 11.1 Å². The number of hydrazone groups is 1. The fraction of sp³-hybridized carbons (Fsp3) is 0.208. The zero-order valence-corrected chi connectivity index (χ0v) is 19.7. The third-order valence-electron chi connectivity index (χ3n) is 5.61. The molecule has 0 fully saturated rings. The molecule has 0 radical (unpaired) electrons. The molecule has 3 aromatic carbocycles. The molecule has 1 atom stereocenters.